The van der Waals surface area contributed by atoms with Gasteiger partial charge in [0, 0.05) is 46.7 Å². The van der Waals surface area contributed by atoms with E-state index in [9.17, 15) is 35.7 Å². The Morgan fingerprint density at radius 2 is 1.47 bits per heavy atom. The Morgan fingerprint density at radius 3 is 1.97 bits per heavy atom. The minimum atomic E-state index is -2.42. The Labute approximate surface area is 207 Å². The van der Waals surface area contributed by atoms with Crippen molar-refractivity contribution in [2.45, 2.75) is 68.3 Å². The van der Waals surface area contributed by atoms with Crippen LogP contribution in [0.15, 0.2) is 22.9 Å². The van der Waals surface area contributed by atoms with Crippen LogP contribution in [0.25, 0.3) is 0 Å². The second-order valence-corrected chi connectivity index (χ2v) is 8.00. The Kier molecular flexibility index (Phi) is 13.3. The minimum Gasteiger partial charge on any atom is -0.508 e. The standard InChI is InChI=1S/C20H39N3O13/c1-32-10(3-5-24)15(27)14(23)18(30)36-20(31)7-9(21)19(35-12(20)8-26)34-11(4-6-25)16(28)13(22)17(29)33-2/h9-12,17-19,24-31H,3-8,21-23H2,1-2H3/b15-14-,16-13-. The van der Waals surface area contributed by atoms with Gasteiger partial charge in [-0.05, 0) is 0 Å². The fourth-order valence-electron chi connectivity index (χ4n) is 3.42. The van der Waals surface area contributed by atoms with E-state index in [1.54, 1.807) is 0 Å². The van der Waals surface area contributed by atoms with Crippen molar-refractivity contribution in [1.82, 2.24) is 0 Å². The van der Waals surface area contributed by atoms with Crippen LogP contribution >= 0.6 is 0 Å². The zero-order chi connectivity index (χ0) is 27.6. The third kappa shape index (κ3) is 8.10. The molecule has 0 bridgehead atoms. The van der Waals surface area contributed by atoms with Gasteiger partial charge in [0.05, 0.1) is 12.6 Å². The van der Waals surface area contributed by atoms with E-state index in [4.69, 9.17) is 41.3 Å². The van der Waals surface area contributed by atoms with E-state index in [-0.39, 0.29) is 19.4 Å². The number of aliphatic hydroxyl groups excluding tert-OH is 7. The highest BCUT2D eigenvalue weighted by atomic mass is 16.7. The largest absolute Gasteiger partial charge is 0.508 e. The molecule has 1 rings (SSSR count). The van der Waals surface area contributed by atoms with E-state index in [0.717, 1.165) is 7.11 Å². The van der Waals surface area contributed by atoms with Gasteiger partial charge in [0.1, 0.15) is 41.2 Å². The van der Waals surface area contributed by atoms with E-state index < -0.39 is 91.6 Å². The monoisotopic (exact) mass is 529 g/mol. The van der Waals surface area contributed by atoms with Crippen LogP contribution in [0, 0.1) is 0 Å². The van der Waals surface area contributed by atoms with Crippen molar-refractivity contribution in [3.05, 3.63) is 22.9 Å². The third-order valence-electron chi connectivity index (χ3n) is 5.48. The van der Waals surface area contributed by atoms with Crippen LogP contribution in [0.2, 0.25) is 0 Å². The normalized spacial score (nSPS) is 29.6. The summed E-state index contributed by atoms with van der Waals surface area (Å²) in [6, 6.07) is -1.19. The van der Waals surface area contributed by atoms with Crippen molar-refractivity contribution < 1.29 is 64.5 Å². The van der Waals surface area contributed by atoms with Gasteiger partial charge in [-0.2, -0.15) is 0 Å². The maximum Gasteiger partial charge on any atom is 0.202 e. The second-order valence-electron chi connectivity index (χ2n) is 8.00. The van der Waals surface area contributed by atoms with Crippen LogP contribution in [0.3, 0.4) is 0 Å². The lowest BCUT2D eigenvalue weighted by atomic mass is 9.96. The molecule has 36 heavy (non-hydrogen) atoms. The number of aliphatic hydroxyl groups is 8. The first kappa shape index (κ1) is 32.2. The quantitative estimate of drug-likeness (QED) is 0.0712. The fourth-order valence-corrected chi connectivity index (χ4v) is 3.42. The summed E-state index contributed by atoms with van der Waals surface area (Å²) in [6.45, 7) is -1.68. The molecule has 1 aliphatic heterocycles. The highest BCUT2D eigenvalue weighted by Gasteiger charge is 2.50. The summed E-state index contributed by atoms with van der Waals surface area (Å²) in [7, 11) is 2.37. The van der Waals surface area contributed by atoms with Gasteiger partial charge in [0.2, 0.25) is 6.29 Å². The molecular formula is C20H39N3O13. The van der Waals surface area contributed by atoms with E-state index in [2.05, 4.69) is 4.74 Å². The molecule has 16 heteroatoms. The molecule has 0 aromatic heterocycles. The molecule has 0 saturated carbocycles. The summed E-state index contributed by atoms with van der Waals surface area (Å²) in [6.07, 6.45) is -9.84. The number of ether oxygens (including phenoxy) is 5. The smallest absolute Gasteiger partial charge is 0.202 e. The number of hydrogen-bond acceptors (Lipinski definition) is 16. The summed E-state index contributed by atoms with van der Waals surface area (Å²) in [5.41, 5.74) is 16.3. The molecule has 0 aromatic carbocycles. The van der Waals surface area contributed by atoms with Crippen molar-refractivity contribution in [2.75, 3.05) is 34.0 Å². The second kappa shape index (κ2) is 14.8. The van der Waals surface area contributed by atoms with Gasteiger partial charge in [-0.1, -0.05) is 0 Å². The summed E-state index contributed by atoms with van der Waals surface area (Å²) in [4.78, 5) is 0. The predicted molar refractivity (Wildman–Crippen MR) is 120 cm³/mol. The van der Waals surface area contributed by atoms with Crippen molar-refractivity contribution in [1.29, 1.82) is 0 Å². The SMILES string of the molecule is COC(O)/C(N)=C(/O)C(CCO)OC1OC(CO)C(O)(OC(O)/C(N)=C(/O)C(CCO)OC)CC1N. The summed E-state index contributed by atoms with van der Waals surface area (Å²) in [5.74, 6) is -3.73. The summed E-state index contributed by atoms with van der Waals surface area (Å²) in [5, 5.41) is 79.6. The predicted octanol–water partition coefficient (Wildman–Crippen LogP) is -3.97. The van der Waals surface area contributed by atoms with E-state index >= 15 is 0 Å². The van der Waals surface area contributed by atoms with Crippen molar-refractivity contribution >= 4 is 0 Å². The van der Waals surface area contributed by atoms with Crippen LogP contribution in [0.4, 0.5) is 0 Å². The maximum atomic E-state index is 11.0. The van der Waals surface area contributed by atoms with Crippen LogP contribution in [-0.2, 0) is 23.7 Å². The Bertz CT molecular complexity index is 740. The molecule has 212 valence electrons. The molecule has 16 nitrogen and oxygen atoms in total. The van der Waals surface area contributed by atoms with Gasteiger partial charge in [0.15, 0.2) is 18.4 Å². The van der Waals surface area contributed by atoms with Crippen molar-refractivity contribution in [3.63, 3.8) is 0 Å². The molecule has 0 aliphatic carbocycles. The number of rotatable bonds is 15. The first-order chi connectivity index (χ1) is 16.9. The number of hydrogen-bond donors (Lipinski definition) is 11. The minimum absolute atomic E-state index is 0.0471. The highest BCUT2D eigenvalue weighted by molar-refractivity contribution is 5.12. The zero-order valence-electron chi connectivity index (χ0n) is 20.1. The third-order valence-corrected chi connectivity index (χ3v) is 5.48. The molecule has 0 radical (unpaired) electrons. The van der Waals surface area contributed by atoms with Crippen LogP contribution in [0.1, 0.15) is 19.3 Å². The lowest BCUT2D eigenvalue weighted by molar-refractivity contribution is -0.371. The molecule has 8 atom stereocenters. The van der Waals surface area contributed by atoms with Gasteiger partial charge in [-0.3, -0.25) is 0 Å². The zero-order valence-corrected chi connectivity index (χ0v) is 20.1. The highest BCUT2D eigenvalue weighted by Crippen LogP contribution is 2.33. The number of methoxy groups -OCH3 is 2. The molecule has 1 fully saturated rings. The Hall–Kier alpha value is -1.80. The molecular weight excluding hydrogens is 490 g/mol. The van der Waals surface area contributed by atoms with Gasteiger partial charge < -0.3 is 81.7 Å². The average molecular weight is 530 g/mol. The summed E-state index contributed by atoms with van der Waals surface area (Å²) >= 11 is 0. The maximum absolute atomic E-state index is 11.0. The van der Waals surface area contributed by atoms with Crippen molar-refractivity contribution in [2.24, 2.45) is 17.2 Å². The van der Waals surface area contributed by atoms with E-state index in [1.807, 2.05) is 0 Å². The van der Waals surface area contributed by atoms with Crippen molar-refractivity contribution in [3.8, 4) is 0 Å². The lowest BCUT2D eigenvalue weighted by Gasteiger charge is -2.45. The summed E-state index contributed by atoms with van der Waals surface area (Å²) < 4.78 is 25.9. The molecule has 1 heterocycles. The molecule has 8 unspecified atom stereocenters. The Balaban J connectivity index is 3.08. The molecule has 14 N–H and O–H groups in total. The molecule has 0 amide bonds. The Morgan fingerprint density at radius 1 is 0.944 bits per heavy atom. The van der Waals surface area contributed by atoms with Crippen LogP contribution < -0.4 is 17.2 Å². The lowest BCUT2D eigenvalue weighted by Crippen LogP contribution is -2.63. The number of nitrogens with two attached hydrogens (primary N) is 3. The first-order valence-electron chi connectivity index (χ1n) is 11.0. The van der Waals surface area contributed by atoms with Gasteiger partial charge in [0.25, 0.3) is 0 Å². The molecule has 0 aromatic rings. The first-order valence-corrected chi connectivity index (χ1v) is 11.0. The topological polar surface area (TPSA) is 286 Å². The molecule has 1 aliphatic rings. The van der Waals surface area contributed by atoms with Gasteiger partial charge in [-0.15, -0.1) is 0 Å². The van der Waals surface area contributed by atoms with E-state index in [0.29, 0.717) is 0 Å². The van der Waals surface area contributed by atoms with E-state index in [1.165, 1.54) is 7.11 Å². The average Bonchev–Trinajstić information content (AvgIpc) is 2.85. The van der Waals surface area contributed by atoms with Crippen LogP contribution in [-0.4, -0.2) is 124 Å². The molecule has 1 saturated heterocycles. The van der Waals surface area contributed by atoms with Crippen LogP contribution in [0.5, 0.6) is 0 Å². The fraction of sp³-hybridized carbons (Fsp3) is 0.800. The van der Waals surface area contributed by atoms with Gasteiger partial charge >= 0.3 is 0 Å². The molecule has 0 spiro atoms. The van der Waals surface area contributed by atoms with Gasteiger partial charge in [-0.25, -0.2) is 0 Å².